The summed E-state index contributed by atoms with van der Waals surface area (Å²) in [6.45, 7) is 0.645. The summed E-state index contributed by atoms with van der Waals surface area (Å²) in [5.41, 5.74) is 0.902. The van der Waals surface area contributed by atoms with E-state index in [1.54, 1.807) is 0 Å². The molecule has 18 heavy (non-hydrogen) atoms. The minimum Gasteiger partial charge on any atom is -0.354 e. The first-order chi connectivity index (χ1) is 8.58. The third kappa shape index (κ3) is 2.91. The number of rotatable bonds is 3. The third-order valence-electron chi connectivity index (χ3n) is 2.47. The number of hydrogen-bond acceptors (Lipinski definition) is 3. The molecule has 2 rings (SSSR count). The van der Waals surface area contributed by atoms with Gasteiger partial charge in [0.1, 0.15) is 10.3 Å². The summed E-state index contributed by atoms with van der Waals surface area (Å²) in [5.74, 6) is 0.605. The molecular weight excluding hydrogens is 318 g/mol. The van der Waals surface area contributed by atoms with Crippen molar-refractivity contribution in [3.8, 4) is 0 Å². The van der Waals surface area contributed by atoms with Crippen LogP contribution in [-0.2, 0) is 6.54 Å². The van der Waals surface area contributed by atoms with Gasteiger partial charge in [-0.3, -0.25) is 4.79 Å². The van der Waals surface area contributed by atoms with E-state index in [9.17, 15) is 4.79 Å². The molecule has 0 unspecified atom stereocenters. The quantitative estimate of drug-likeness (QED) is 0.942. The maximum atomic E-state index is 11.5. The number of nitrogens with zero attached hydrogens (tertiary/aromatic N) is 2. The summed E-state index contributed by atoms with van der Waals surface area (Å²) in [5, 5.41) is 0.705. The number of benzene rings is 1. The highest BCUT2D eigenvalue weighted by molar-refractivity contribution is 9.10. The summed E-state index contributed by atoms with van der Waals surface area (Å²) >= 11 is 9.07. The first-order valence-electron chi connectivity index (χ1n) is 5.26. The lowest BCUT2D eigenvalue weighted by Crippen LogP contribution is -2.21. The molecule has 0 aliphatic carbocycles. The lowest BCUT2D eigenvalue weighted by Gasteiger charge is -2.18. The molecule has 0 aliphatic rings. The summed E-state index contributed by atoms with van der Waals surface area (Å²) in [6, 6.07) is 7.57. The Morgan fingerprint density at radius 1 is 1.39 bits per heavy atom. The van der Waals surface area contributed by atoms with E-state index in [1.807, 2.05) is 36.2 Å². The van der Waals surface area contributed by atoms with Crippen LogP contribution >= 0.6 is 27.5 Å². The molecule has 0 radical (unpaired) electrons. The van der Waals surface area contributed by atoms with Crippen LogP contribution < -0.4 is 10.5 Å². The fourth-order valence-electron chi connectivity index (χ4n) is 1.58. The maximum absolute atomic E-state index is 11.5. The fourth-order valence-corrected chi connectivity index (χ4v) is 2.22. The average molecular weight is 329 g/mol. The molecule has 4 nitrogen and oxygen atoms in total. The molecule has 0 saturated carbocycles. The molecule has 1 aromatic heterocycles. The zero-order valence-corrected chi connectivity index (χ0v) is 12.0. The SMILES string of the molecule is CN(Cc1ccc(Cl)cc1)c1nc[nH]c(=O)c1Br. The van der Waals surface area contributed by atoms with Gasteiger partial charge in [-0.15, -0.1) is 0 Å². The first-order valence-corrected chi connectivity index (χ1v) is 6.44. The largest absolute Gasteiger partial charge is 0.354 e. The molecule has 1 N–H and O–H groups in total. The number of aromatic amines is 1. The van der Waals surface area contributed by atoms with Crippen molar-refractivity contribution in [1.29, 1.82) is 0 Å². The van der Waals surface area contributed by atoms with Gasteiger partial charge in [-0.1, -0.05) is 23.7 Å². The van der Waals surface area contributed by atoms with Crippen LogP contribution in [0, 0.1) is 0 Å². The van der Waals surface area contributed by atoms with E-state index in [2.05, 4.69) is 25.9 Å². The Hall–Kier alpha value is -1.33. The number of hydrogen-bond donors (Lipinski definition) is 1. The molecule has 0 bridgehead atoms. The second-order valence-electron chi connectivity index (χ2n) is 3.85. The van der Waals surface area contributed by atoms with Gasteiger partial charge in [0, 0.05) is 18.6 Å². The third-order valence-corrected chi connectivity index (χ3v) is 3.44. The van der Waals surface area contributed by atoms with Crippen LogP contribution in [0.1, 0.15) is 5.56 Å². The molecular formula is C12H11BrClN3O. The van der Waals surface area contributed by atoms with Gasteiger partial charge in [0.15, 0.2) is 0 Å². The highest BCUT2D eigenvalue weighted by atomic mass is 79.9. The van der Waals surface area contributed by atoms with E-state index >= 15 is 0 Å². The summed E-state index contributed by atoms with van der Waals surface area (Å²) in [4.78, 5) is 20.0. The van der Waals surface area contributed by atoms with Crippen molar-refractivity contribution in [1.82, 2.24) is 9.97 Å². The summed E-state index contributed by atoms with van der Waals surface area (Å²) < 4.78 is 0.432. The topological polar surface area (TPSA) is 49.0 Å². The van der Waals surface area contributed by atoms with Gasteiger partial charge in [0.2, 0.25) is 0 Å². The number of aromatic nitrogens is 2. The molecule has 0 atom stereocenters. The molecule has 1 aromatic carbocycles. The monoisotopic (exact) mass is 327 g/mol. The van der Waals surface area contributed by atoms with Crippen LogP contribution in [-0.4, -0.2) is 17.0 Å². The molecule has 0 spiro atoms. The van der Waals surface area contributed by atoms with Gasteiger partial charge in [-0.2, -0.15) is 0 Å². The van der Waals surface area contributed by atoms with Crippen molar-refractivity contribution >= 4 is 33.3 Å². The van der Waals surface area contributed by atoms with Crippen LogP contribution in [0.5, 0.6) is 0 Å². The number of halogens is 2. The highest BCUT2D eigenvalue weighted by Crippen LogP contribution is 2.20. The van der Waals surface area contributed by atoms with Crippen molar-refractivity contribution < 1.29 is 0 Å². The van der Waals surface area contributed by atoms with E-state index in [1.165, 1.54) is 6.33 Å². The van der Waals surface area contributed by atoms with E-state index in [4.69, 9.17) is 11.6 Å². The molecule has 0 aliphatic heterocycles. The van der Waals surface area contributed by atoms with Crippen LogP contribution in [0.25, 0.3) is 0 Å². The molecule has 0 saturated heterocycles. The minimum absolute atomic E-state index is 0.192. The van der Waals surface area contributed by atoms with Crippen LogP contribution in [0.2, 0.25) is 5.02 Å². The first kappa shape index (κ1) is 13.1. The van der Waals surface area contributed by atoms with E-state index in [0.29, 0.717) is 21.9 Å². The molecule has 0 amide bonds. The van der Waals surface area contributed by atoms with Crippen molar-refractivity contribution in [2.75, 3.05) is 11.9 Å². The minimum atomic E-state index is -0.192. The number of anilines is 1. The van der Waals surface area contributed by atoms with Gasteiger partial charge in [-0.05, 0) is 33.6 Å². The van der Waals surface area contributed by atoms with Gasteiger partial charge < -0.3 is 9.88 Å². The van der Waals surface area contributed by atoms with Gasteiger partial charge in [0.05, 0.1) is 6.33 Å². The van der Waals surface area contributed by atoms with Gasteiger partial charge in [0.25, 0.3) is 5.56 Å². The lowest BCUT2D eigenvalue weighted by atomic mass is 10.2. The zero-order valence-electron chi connectivity index (χ0n) is 9.65. The van der Waals surface area contributed by atoms with Gasteiger partial charge in [-0.25, -0.2) is 4.98 Å². The Morgan fingerprint density at radius 2 is 2.06 bits per heavy atom. The Kier molecular flexibility index (Phi) is 4.04. The second-order valence-corrected chi connectivity index (χ2v) is 5.08. The maximum Gasteiger partial charge on any atom is 0.267 e. The van der Waals surface area contributed by atoms with Crippen molar-refractivity contribution in [3.05, 3.63) is 56.0 Å². The Labute approximate surface area is 118 Å². The number of nitrogens with one attached hydrogen (secondary N) is 1. The fraction of sp³-hybridized carbons (Fsp3) is 0.167. The van der Waals surface area contributed by atoms with Crippen molar-refractivity contribution in [3.63, 3.8) is 0 Å². The van der Waals surface area contributed by atoms with Crippen LogP contribution in [0.4, 0.5) is 5.82 Å². The van der Waals surface area contributed by atoms with Gasteiger partial charge >= 0.3 is 0 Å². The predicted molar refractivity (Wildman–Crippen MR) is 76.1 cm³/mol. The van der Waals surface area contributed by atoms with Crippen LogP contribution in [0.15, 0.2) is 39.9 Å². The van der Waals surface area contributed by atoms with E-state index in [0.717, 1.165) is 5.56 Å². The average Bonchev–Trinajstić information content (AvgIpc) is 2.35. The molecule has 2 aromatic rings. The summed E-state index contributed by atoms with van der Waals surface area (Å²) in [7, 11) is 1.88. The normalized spacial score (nSPS) is 10.4. The van der Waals surface area contributed by atoms with E-state index in [-0.39, 0.29) is 5.56 Å². The summed E-state index contributed by atoms with van der Waals surface area (Å²) in [6.07, 6.45) is 1.39. The zero-order chi connectivity index (χ0) is 13.1. The van der Waals surface area contributed by atoms with Crippen LogP contribution in [0.3, 0.4) is 0 Å². The molecule has 6 heteroatoms. The Bertz CT molecular complexity index is 597. The second kappa shape index (κ2) is 5.54. The van der Waals surface area contributed by atoms with Crippen molar-refractivity contribution in [2.24, 2.45) is 0 Å². The molecule has 94 valence electrons. The Morgan fingerprint density at radius 3 is 2.72 bits per heavy atom. The Balaban J connectivity index is 2.22. The smallest absolute Gasteiger partial charge is 0.267 e. The number of H-pyrrole nitrogens is 1. The predicted octanol–water partition coefficient (Wildman–Crippen LogP) is 2.82. The highest BCUT2D eigenvalue weighted by Gasteiger charge is 2.10. The van der Waals surface area contributed by atoms with E-state index < -0.39 is 0 Å². The molecule has 0 fully saturated rings. The lowest BCUT2D eigenvalue weighted by molar-refractivity contribution is 0.881. The molecule has 1 heterocycles. The standard InChI is InChI=1S/C12H11BrClN3O/c1-17(6-8-2-4-9(14)5-3-8)11-10(13)12(18)16-7-15-11/h2-5,7H,6H2,1H3,(H,15,16,18). The van der Waals surface area contributed by atoms with Crippen molar-refractivity contribution in [2.45, 2.75) is 6.54 Å².